The average molecular weight is 337 g/mol. The van der Waals surface area contributed by atoms with Gasteiger partial charge in [0.15, 0.2) is 0 Å². The van der Waals surface area contributed by atoms with Crippen LogP contribution in [-0.4, -0.2) is 43.4 Å². The molecule has 4 rings (SSSR count). The fourth-order valence-electron chi connectivity index (χ4n) is 3.27. The van der Waals surface area contributed by atoms with Crippen molar-refractivity contribution in [3.05, 3.63) is 54.2 Å². The highest BCUT2D eigenvalue weighted by atomic mass is 16.4. The van der Waals surface area contributed by atoms with E-state index in [1.165, 1.54) is 0 Å². The molecule has 1 amide bonds. The van der Waals surface area contributed by atoms with Gasteiger partial charge < -0.3 is 9.32 Å². The Morgan fingerprint density at radius 3 is 2.92 bits per heavy atom. The van der Waals surface area contributed by atoms with Crippen LogP contribution < -0.4 is 0 Å². The molecule has 1 saturated heterocycles. The van der Waals surface area contributed by atoms with Crippen molar-refractivity contribution in [3.8, 4) is 11.5 Å². The lowest BCUT2D eigenvalue weighted by molar-refractivity contribution is 0.0688. The summed E-state index contributed by atoms with van der Waals surface area (Å²) < 4.78 is 7.58. The first-order chi connectivity index (χ1) is 12.2. The van der Waals surface area contributed by atoms with Gasteiger partial charge in [-0.3, -0.25) is 9.48 Å². The number of likely N-dealkylation sites (tertiary alicyclic amines) is 1. The third-order valence-corrected chi connectivity index (χ3v) is 4.52. The lowest BCUT2D eigenvalue weighted by Crippen LogP contribution is -2.38. The van der Waals surface area contributed by atoms with Crippen LogP contribution in [0.5, 0.6) is 0 Å². The van der Waals surface area contributed by atoms with Crippen LogP contribution in [0.4, 0.5) is 0 Å². The molecule has 3 aromatic rings. The van der Waals surface area contributed by atoms with E-state index in [1.807, 2.05) is 48.4 Å². The lowest BCUT2D eigenvalue weighted by Gasteiger charge is -2.23. The van der Waals surface area contributed by atoms with Crippen molar-refractivity contribution in [2.45, 2.75) is 32.4 Å². The van der Waals surface area contributed by atoms with Crippen molar-refractivity contribution >= 4 is 5.91 Å². The fourth-order valence-corrected chi connectivity index (χ4v) is 3.27. The Morgan fingerprint density at radius 1 is 1.32 bits per heavy atom. The van der Waals surface area contributed by atoms with Crippen molar-refractivity contribution in [3.63, 3.8) is 0 Å². The minimum atomic E-state index is -0.102. The molecule has 128 valence electrons. The summed E-state index contributed by atoms with van der Waals surface area (Å²) in [6.45, 7) is 3.18. The molecule has 1 aromatic carbocycles. The molecular formula is C18H19N5O2. The van der Waals surface area contributed by atoms with Crippen molar-refractivity contribution in [2.75, 3.05) is 6.54 Å². The number of rotatable bonds is 4. The monoisotopic (exact) mass is 337 g/mol. The van der Waals surface area contributed by atoms with E-state index in [9.17, 15) is 4.79 Å². The number of aryl methyl sites for hydroxylation is 1. The van der Waals surface area contributed by atoms with Gasteiger partial charge in [0.1, 0.15) is 0 Å². The summed E-state index contributed by atoms with van der Waals surface area (Å²) in [5.41, 5.74) is 1.49. The molecule has 25 heavy (non-hydrogen) atoms. The van der Waals surface area contributed by atoms with Gasteiger partial charge in [0.2, 0.25) is 11.7 Å². The Kier molecular flexibility index (Phi) is 4.05. The van der Waals surface area contributed by atoms with Crippen molar-refractivity contribution < 1.29 is 9.21 Å². The lowest BCUT2D eigenvalue weighted by atomic mass is 10.2. The van der Waals surface area contributed by atoms with Crippen LogP contribution in [0.1, 0.15) is 29.1 Å². The molecular weight excluding hydrogens is 318 g/mol. The highest BCUT2D eigenvalue weighted by molar-refractivity contribution is 5.93. The zero-order valence-corrected chi connectivity index (χ0v) is 14.0. The zero-order valence-electron chi connectivity index (χ0n) is 14.0. The van der Waals surface area contributed by atoms with Gasteiger partial charge in [-0.15, -0.1) is 5.10 Å². The van der Waals surface area contributed by atoms with Crippen LogP contribution in [0.2, 0.25) is 0 Å². The van der Waals surface area contributed by atoms with E-state index in [1.54, 1.807) is 10.9 Å². The van der Waals surface area contributed by atoms with Crippen LogP contribution in [0.25, 0.3) is 11.5 Å². The Balaban J connectivity index is 1.57. The number of nitrogens with zero attached hydrogens (tertiary/aromatic N) is 5. The Hall–Kier alpha value is -2.96. The smallest absolute Gasteiger partial charge is 0.291 e. The van der Waals surface area contributed by atoms with Crippen LogP contribution >= 0.6 is 0 Å². The zero-order chi connectivity index (χ0) is 17.2. The van der Waals surface area contributed by atoms with E-state index in [0.29, 0.717) is 23.9 Å². The maximum Gasteiger partial charge on any atom is 0.291 e. The second-order valence-corrected chi connectivity index (χ2v) is 6.22. The highest BCUT2D eigenvalue weighted by Crippen LogP contribution is 2.26. The number of carbonyl (C=O) groups is 1. The maximum atomic E-state index is 13.0. The van der Waals surface area contributed by atoms with E-state index >= 15 is 0 Å². The van der Waals surface area contributed by atoms with Gasteiger partial charge in [-0.25, -0.2) is 4.98 Å². The van der Waals surface area contributed by atoms with E-state index < -0.39 is 0 Å². The molecule has 0 unspecified atom stereocenters. The number of amides is 1. The number of hydrogen-bond acceptors (Lipinski definition) is 5. The number of benzene rings is 1. The molecule has 1 aliphatic rings. The summed E-state index contributed by atoms with van der Waals surface area (Å²) in [6, 6.07) is 9.71. The number of oxazole rings is 1. The predicted octanol–water partition coefficient (Wildman–Crippen LogP) is 2.55. The molecule has 0 saturated carbocycles. The van der Waals surface area contributed by atoms with Crippen LogP contribution in [0, 0.1) is 6.92 Å². The summed E-state index contributed by atoms with van der Waals surface area (Å²) in [6.07, 6.45) is 5.39. The second-order valence-electron chi connectivity index (χ2n) is 6.22. The molecule has 0 spiro atoms. The molecule has 0 N–H and O–H groups in total. The van der Waals surface area contributed by atoms with Gasteiger partial charge in [0.25, 0.3) is 5.91 Å². The second kappa shape index (κ2) is 6.51. The van der Waals surface area contributed by atoms with Gasteiger partial charge in [0, 0.05) is 18.3 Å². The summed E-state index contributed by atoms with van der Waals surface area (Å²) >= 11 is 0. The SMILES string of the molecule is Cc1nc(-c2ccccc2)oc1C(=O)N1CCC[C@H]1Cn1ccnn1. The van der Waals surface area contributed by atoms with Crippen LogP contribution in [0.3, 0.4) is 0 Å². The van der Waals surface area contributed by atoms with E-state index in [-0.39, 0.29) is 11.9 Å². The number of aromatic nitrogens is 4. The Labute approximate surface area is 145 Å². The minimum Gasteiger partial charge on any atom is -0.431 e. The van der Waals surface area contributed by atoms with Gasteiger partial charge in [0.05, 0.1) is 24.5 Å². The van der Waals surface area contributed by atoms with E-state index in [2.05, 4.69) is 15.3 Å². The number of carbonyl (C=O) groups excluding carboxylic acids is 1. The van der Waals surface area contributed by atoms with E-state index in [4.69, 9.17) is 4.42 Å². The molecule has 0 aliphatic carbocycles. The van der Waals surface area contributed by atoms with Gasteiger partial charge in [-0.1, -0.05) is 23.4 Å². The summed E-state index contributed by atoms with van der Waals surface area (Å²) in [5, 5.41) is 7.82. The quantitative estimate of drug-likeness (QED) is 0.731. The highest BCUT2D eigenvalue weighted by Gasteiger charge is 2.33. The van der Waals surface area contributed by atoms with Gasteiger partial charge in [-0.2, -0.15) is 0 Å². The van der Waals surface area contributed by atoms with Crippen molar-refractivity contribution in [1.29, 1.82) is 0 Å². The molecule has 7 heteroatoms. The first kappa shape index (κ1) is 15.6. The molecule has 7 nitrogen and oxygen atoms in total. The van der Waals surface area contributed by atoms with Crippen molar-refractivity contribution in [2.24, 2.45) is 0 Å². The molecule has 1 aliphatic heterocycles. The summed E-state index contributed by atoms with van der Waals surface area (Å²) in [4.78, 5) is 19.3. The van der Waals surface area contributed by atoms with Gasteiger partial charge in [-0.05, 0) is 31.9 Å². The first-order valence-corrected chi connectivity index (χ1v) is 8.40. The summed E-state index contributed by atoms with van der Waals surface area (Å²) in [7, 11) is 0. The normalized spacial score (nSPS) is 17.2. The largest absolute Gasteiger partial charge is 0.431 e. The molecule has 2 aromatic heterocycles. The predicted molar refractivity (Wildman–Crippen MR) is 90.8 cm³/mol. The number of hydrogen-bond donors (Lipinski definition) is 0. The minimum absolute atomic E-state index is 0.0962. The third-order valence-electron chi connectivity index (χ3n) is 4.52. The Bertz CT molecular complexity index is 857. The third kappa shape index (κ3) is 3.05. The van der Waals surface area contributed by atoms with Crippen LogP contribution in [0.15, 0.2) is 47.1 Å². The molecule has 1 fully saturated rings. The van der Waals surface area contributed by atoms with Crippen LogP contribution in [-0.2, 0) is 6.54 Å². The topological polar surface area (TPSA) is 77.0 Å². The van der Waals surface area contributed by atoms with E-state index in [0.717, 1.165) is 24.9 Å². The molecule has 1 atom stereocenters. The summed E-state index contributed by atoms with van der Waals surface area (Å²) in [5.74, 6) is 0.701. The first-order valence-electron chi connectivity index (χ1n) is 8.40. The maximum absolute atomic E-state index is 13.0. The molecule has 0 bridgehead atoms. The molecule has 0 radical (unpaired) electrons. The van der Waals surface area contributed by atoms with Gasteiger partial charge >= 0.3 is 0 Å². The fraction of sp³-hybridized carbons (Fsp3) is 0.333. The average Bonchev–Trinajstić information content (AvgIpc) is 3.37. The molecule has 3 heterocycles. The standard InChI is InChI=1S/C18H19N5O2/c1-13-16(25-17(20-13)14-6-3-2-4-7-14)18(24)23-10-5-8-15(23)12-22-11-9-19-21-22/h2-4,6-7,9,11,15H,5,8,10,12H2,1H3/t15-/m0/s1. The Morgan fingerprint density at radius 2 is 2.16 bits per heavy atom. The van der Waals surface area contributed by atoms with Crippen molar-refractivity contribution in [1.82, 2.24) is 24.9 Å².